The predicted molar refractivity (Wildman–Crippen MR) is 106 cm³/mol. The van der Waals surface area contributed by atoms with Crippen molar-refractivity contribution >= 4 is 16.7 Å². The quantitative estimate of drug-likeness (QED) is 0.719. The lowest BCUT2D eigenvalue weighted by Gasteiger charge is -2.25. The number of nitrogens with zero attached hydrogens (tertiary/aromatic N) is 3. The normalized spacial score (nSPS) is 16.8. The fourth-order valence-electron chi connectivity index (χ4n) is 3.93. The van der Waals surface area contributed by atoms with Crippen LogP contribution < -0.4 is 5.56 Å². The first kappa shape index (κ1) is 17.5. The summed E-state index contributed by atoms with van der Waals surface area (Å²) < 4.78 is 1.31. The van der Waals surface area contributed by atoms with Gasteiger partial charge in [0, 0.05) is 11.9 Å². The molecular weight excluding hydrogens is 338 g/mol. The number of amides is 1. The lowest BCUT2D eigenvalue weighted by atomic mass is 10.0. The SMILES string of the molecule is Cc1ccc([C@@H]2CCCN2C(=O)Cn2nc(C)c3ccccc3c2=O)cc1. The van der Waals surface area contributed by atoms with Crippen LogP contribution in [0.1, 0.15) is 35.7 Å². The van der Waals surface area contributed by atoms with Gasteiger partial charge in [0.25, 0.3) is 5.56 Å². The number of fused-ring (bicyclic) bond motifs is 1. The maximum Gasteiger partial charge on any atom is 0.275 e. The minimum Gasteiger partial charge on any atom is -0.334 e. The largest absolute Gasteiger partial charge is 0.334 e. The third-order valence-corrected chi connectivity index (χ3v) is 5.37. The number of aromatic nitrogens is 2. The highest BCUT2D eigenvalue weighted by Crippen LogP contribution is 2.32. The highest BCUT2D eigenvalue weighted by Gasteiger charge is 2.30. The third-order valence-electron chi connectivity index (χ3n) is 5.37. The van der Waals surface area contributed by atoms with E-state index >= 15 is 0 Å². The van der Waals surface area contributed by atoms with Gasteiger partial charge in [-0.25, -0.2) is 4.68 Å². The van der Waals surface area contributed by atoms with Gasteiger partial charge in [-0.3, -0.25) is 9.59 Å². The Hall–Kier alpha value is -2.95. The summed E-state index contributed by atoms with van der Waals surface area (Å²) in [5, 5.41) is 5.82. The van der Waals surface area contributed by atoms with Crippen molar-refractivity contribution in [1.82, 2.24) is 14.7 Å². The van der Waals surface area contributed by atoms with Crippen LogP contribution in [-0.4, -0.2) is 27.1 Å². The van der Waals surface area contributed by atoms with E-state index in [1.807, 2.05) is 30.0 Å². The first-order valence-corrected chi connectivity index (χ1v) is 9.37. The van der Waals surface area contributed by atoms with Crippen LogP contribution in [0.25, 0.3) is 10.8 Å². The Morgan fingerprint density at radius 3 is 2.52 bits per heavy atom. The number of hydrogen-bond acceptors (Lipinski definition) is 3. The molecule has 1 aliphatic heterocycles. The molecule has 5 nitrogen and oxygen atoms in total. The third kappa shape index (κ3) is 3.25. The van der Waals surface area contributed by atoms with Gasteiger partial charge >= 0.3 is 0 Å². The van der Waals surface area contributed by atoms with Crippen molar-refractivity contribution in [1.29, 1.82) is 0 Å². The fourth-order valence-corrected chi connectivity index (χ4v) is 3.93. The Balaban J connectivity index is 1.62. The van der Waals surface area contributed by atoms with Gasteiger partial charge in [-0.15, -0.1) is 0 Å². The average molecular weight is 361 g/mol. The van der Waals surface area contributed by atoms with Crippen molar-refractivity contribution in [3.05, 3.63) is 75.7 Å². The smallest absolute Gasteiger partial charge is 0.275 e. The number of rotatable bonds is 3. The fraction of sp³-hybridized carbons (Fsp3) is 0.318. The second-order valence-electron chi connectivity index (χ2n) is 7.25. The van der Waals surface area contributed by atoms with Crippen molar-refractivity contribution in [3.63, 3.8) is 0 Å². The van der Waals surface area contributed by atoms with Crippen molar-refractivity contribution in [2.45, 2.75) is 39.3 Å². The summed E-state index contributed by atoms with van der Waals surface area (Å²) in [6, 6.07) is 15.8. The molecule has 3 aromatic rings. The summed E-state index contributed by atoms with van der Waals surface area (Å²) >= 11 is 0. The van der Waals surface area contributed by atoms with Gasteiger partial charge in [0.05, 0.1) is 17.1 Å². The van der Waals surface area contributed by atoms with E-state index in [-0.39, 0.29) is 24.1 Å². The Labute approximate surface area is 158 Å². The van der Waals surface area contributed by atoms with Crippen LogP contribution in [0.15, 0.2) is 53.3 Å². The number of benzene rings is 2. The Bertz CT molecular complexity index is 1050. The lowest BCUT2D eigenvalue weighted by Crippen LogP contribution is -2.37. The van der Waals surface area contributed by atoms with Gasteiger partial charge < -0.3 is 4.90 Å². The van der Waals surface area contributed by atoms with E-state index in [1.54, 1.807) is 6.07 Å². The number of likely N-dealkylation sites (tertiary alicyclic amines) is 1. The molecule has 1 atom stereocenters. The molecule has 2 heterocycles. The van der Waals surface area contributed by atoms with Crippen LogP contribution in [0.2, 0.25) is 0 Å². The minimum atomic E-state index is -0.212. The van der Waals surface area contributed by atoms with E-state index in [0.717, 1.165) is 36.0 Å². The molecule has 0 spiro atoms. The zero-order valence-electron chi connectivity index (χ0n) is 15.7. The Morgan fingerprint density at radius 2 is 1.78 bits per heavy atom. The summed E-state index contributed by atoms with van der Waals surface area (Å²) in [6.07, 6.45) is 1.93. The molecule has 0 bridgehead atoms. The highest BCUT2D eigenvalue weighted by molar-refractivity contribution is 5.83. The van der Waals surface area contributed by atoms with Crippen molar-refractivity contribution in [2.24, 2.45) is 0 Å². The molecule has 0 N–H and O–H groups in total. The second-order valence-corrected chi connectivity index (χ2v) is 7.25. The summed E-state index contributed by atoms with van der Waals surface area (Å²) in [7, 11) is 0. The molecule has 1 fully saturated rings. The maximum atomic E-state index is 13.0. The van der Waals surface area contributed by atoms with Crippen molar-refractivity contribution in [2.75, 3.05) is 6.54 Å². The number of aryl methyl sites for hydroxylation is 2. The maximum absolute atomic E-state index is 13.0. The molecule has 2 aromatic carbocycles. The molecule has 0 radical (unpaired) electrons. The van der Waals surface area contributed by atoms with Crippen LogP contribution in [0.3, 0.4) is 0 Å². The molecule has 0 aliphatic carbocycles. The topological polar surface area (TPSA) is 55.2 Å². The zero-order chi connectivity index (χ0) is 19.0. The van der Waals surface area contributed by atoms with Crippen LogP contribution in [0, 0.1) is 13.8 Å². The van der Waals surface area contributed by atoms with Gasteiger partial charge in [-0.2, -0.15) is 5.10 Å². The standard InChI is InChI=1S/C22H23N3O2/c1-15-9-11-17(12-10-15)20-8-5-13-24(20)21(26)14-25-22(27)19-7-4-3-6-18(19)16(2)23-25/h3-4,6-7,9-12,20H,5,8,13-14H2,1-2H3/t20-/m0/s1. The summed E-state index contributed by atoms with van der Waals surface area (Å²) in [6.45, 7) is 4.63. The van der Waals surface area contributed by atoms with Crippen LogP contribution in [0.4, 0.5) is 0 Å². The molecule has 1 saturated heterocycles. The van der Waals surface area contributed by atoms with Gasteiger partial charge in [0.1, 0.15) is 6.54 Å². The molecule has 0 saturated carbocycles. The van der Waals surface area contributed by atoms with E-state index in [1.165, 1.54) is 10.2 Å². The van der Waals surface area contributed by atoms with Crippen LogP contribution in [-0.2, 0) is 11.3 Å². The van der Waals surface area contributed by atoms with Crippen molar-refractivity contribution in [3.8, 4) is 0 Å². The summed E-state index contributed by atoms with van der Waals surface area (Å²) in [5.74, 6) is -0.0534. The number of carbonyl (C=O) groups is 1. The molecule has 27 heavy (non-hydrogen) atoms. The average Bonchev–Trinajstić information content (AvgIpc) is 3.16. The van der Waals surface area contributed by atoms with Crippen LogP contribution in [0.5, 0.6) is 0 Å². The number of hydrogen-bond donors (Lipinski definition) is 0. The van der Waals surface area contributed by atoms with Gasteiger partial charge in [-0.05, 0) is 38.3 Å². The zero-order valence-corrected chi connectivity index (χ0v) is 15.7. The summed E-state index contributed by atoms with van der Waals surface area (Å²) in [5.41, 5.74) is 2.91. The predicted octanol–water partition coefficient (Wildman–Crippen LogP) is 3.38. The van der Waals surface area contributed by atoms with Gasteiger partial charge in [0.2, 0.25) is 5.91 Å². The lowest BCUT2D eigenvalue weighted by molar-refractivity contribution is -0.133. The van der Waals surface area contributed by atoms with Gasteiger partial charge in [0.15, 0.2) is 0 Å². The molecule has 5 heteroatoms. The molecule has 0 unspecified atom stereocenters. The van der Waals surface area contributed by atoms with E-state index < -0.39 is 0 Å². The van der Waals surface area contributed by atoms with E-state index in [2.05, 4.69) is 36.3 Å². The molecule has 138 valence electrons. The minimum absolute atomic E-state index is 0.0210. The van der Waals surface area contributed by atoms with Gasteiger partial charge in [-0.1, -0.05) is 48.0 Å². The molecule has 4 rings (SSSR count). The van der Waals surface area contributed by atoms with Crippen molar-refractivity contribution < 1.29 is 4.79 Å². The highest BCUT2D eigenvalue weighted by atomic mass is 16.2. The first-order valence-electron chi connectivity index (χ1n) is 9.37. The van der Waals surface area contributed by atoms with E-state index in [9.17, 15) is 9.59 Å². The molecule has 1 aliphatic rings. The molecule has 1 amide bonds. The van der Waals surface area contributed by atoms with E-state index in [4.69, 9.17) is 0 Å². The molecular formula is C22H23N3O2. The molecule has 1 aromatic heterocycles. The van der Waals surface area contributed by atoms with E-state index in [0.29, 0.717) is 5.39 Å². The number of carbonyl (C=O) groups excluding carboxylic acids is 1. The first-order chi connectivity index (χ1) is 13.0. The van der Waals surface area contributed by atoms with Crippen LogP contribution >= 0.6 is 0 Å². The summed E-state index contributed by atoms with van der Waals surface area (Å²) in [4.78, 5) is 27.6. The Morgan fingerprint density at radius 1 is 1.07 bits per heavy atom. The monoisotopic (exact) mass is 361 g/mol. The second kappa shape index (κ2) is 6.99. The Kier molecular flexibility index (Phi) is 4.52.